The Morgan fingerprint density at radius 2 is 1.90 bits per heavy atom. The van der Waals surface area contributed by atoms with Crippen LogP contribution in [-0.4, -0.2) is 21.7 Å². The summed E-state index contributed by atoms with van der Waals surface area (Å²) in [5.41, 5.74) is 1.19. The molecule has 0 bridgehead atoms. The zero-order valence-corrected chi connectivity index (χ0v) is 14.0. The molecule has 2 aromatic rings. The van der Waals surface area contributed by atoms with Gasteiger partial charge >= 0.3 is 0 Å². The number of hydrogen-bond donors (Lipinski definition) is 1. The van der Waals surface area contributed by atoms with Crippen molar-refractivity contribution in [2.45, 2.75) is 52.9 Å². The van der Waals surface area contributed by atoms with E-state index in [1.54, 1.807) is 22.7 Å². The molecule has 0 aliphatic heterocycles. The van der Waals surface area contributed by atoms with Gasteiger partial charge in [0.05, 0.1) is 15.6 Å². The minimum Gasteiger partial charge on any atom is -0.360 e. The van der Waals surface area contributed by atoms with Gasteiger partial charge in [0, 0.05) is 6.54 Å². The predicted octanol–water partition coefficient (Wildman–Crippen LogP) is 4.39. The molecule has 2 rings (SSSR count). The zero-order chi connectivity index (χ0) is 14.4. The lowest BCUT2D eigenvalue weighted by Gasteiger charge is -1.98. The molecule has 0 amide bonds. The first kappa shape index (κ1) is 15.4. The van der Waals surface area contributed by atoms with Crippen molar-refractivity contribution in [3.8, 4) is 9.88 Å². The van der Waals surface area contributed by atoms with Gasteiger partial charge in [-0.1, -0.05) is 44.9 Å². The first-order valence-electron chi connectivity index (χ1n) is 7.34. The van der Waals surface area contributed by atoms with E-state index in [1.165, 1.54) is 22.0 Å². The molecule has 0 unspecified atom stereocenters. The fraction of sp³-hybridized carbons (Fsp3) is 0.643. The van der Waals surface area contributed by atoms with Gasteiger partial charge in [0.25, 0.3) is 0 Å². The second kappa shape index (κ2) is 7.69. The Bertz CT molecular complexity index is 533. The fourth-order valence-corrected chi connectivity index (χ4v) is 3.79. The highest BCUT2D eigenvalue weighted by Gasteiger charge is 2.16. The average molecular weight is 310 g/mol. The third-order valence-electron chi connectivity index (χ3n) is 2.96. The SMILES string of the molecule is CCCCNc1nnc(-c2sc(CC)nc2CCC)s1. The number of thiazole rings is 1. The molecule has 0 saturated heterocycles. The Labute approximate surface area is 128 Å². The number of rotatable bonds is 8. The number of unbranched alkanes of at least 4 members (excludes halogenated alkanes) is 1. The van der Waals surface area contributed by atoms with Gasteiger partial charge in [0.1, 0.15) is 0 Å². The van der Waals surface area contributed by atoms with Gasteiger partial charge in [-0.25, -0.2) is 4.98 Å². The van der Waals surface area contributed by atoms with E-state index in [0.29, 0.717) is 0 Å². The second-order valence-electron chi connectivity index (χ2n) is 4.68. The van der Waals surface area contributed by atoms with Gasteiger partial charge < -0.3 is 5.32 Å². The molecule has 1 N–H and O–H groups in total. The van der Waals surface area contributed by atoms with Crippen LogP contribution in [0.5, 0.6) is 0 Å². The highest BCUT2D eigenvalue weighted by atomic mass is 32.1. The Balaban J connectivity index is 2.16. The number of aryl methyl sites for hydroxylation is 2. The number of aromatic nitrogens is 3. The van der Waals surface area contributed by atoms with E-state index in [0.717, 1.165) is 42.4 Å². The molecule has 0 radical (unpaired) electrons. The Kier molecular flexibility index (Phi) is 5.91. The van der Waals surface area contributed by atoms with E-state index < -0.39 is 0 Å². The summed E-state index contributed by atoms with van der Waals surface area (Å²) in [4.78, 5) is 5.93. The van der Waals surface area contributed by atoms with Crippen LogP contribution in [0.15, 0.2) is 0 Å². The van der Waals surface area contributed by atoms with Crippen LogP contribution in [0.25, 0.3) is 9.88 Å². The number of hydrogen-bond acceptors (Lipinski definition) is 6. The molecule has 0 atom stereocenters. The van der Waals surface area contributed by atoms with Gasteiger partial charge in [-0.3, -0.25) is 0 Å². The normalized spacial score (nSPS) is 10.9. The number of nitrogens with one attached hydrogen (secondary N) is 1. The Hall–Kier alpha value is -1.01. The highest BCUT2D eigenvalue weighted by molar-refractivity contribution is 7.23. The maximum atomic E-state index is 4.72. The molecule has 110 valence electrons. The van der Waals surface area contributed by atoms with Crippen molar-refractivity contribution in [2.75, 3.05) is 11.9 Å². The van der Waals surface area contributed by atoms with E-state index in [4.69, 9.17) is 4.98 Å². The van der Waals surface area contributed by atoms with E-state index in [9.17, 15) is 0 Å². The second-order valence-corrected chi connectivity index (χ2v) is 6.74. The highest BCUT2D eigenvalue weighted by Crippen LogP contribution is 2.34. The van der Waals surface area contributed by atoms with Crippen LogP contribution in [0.1, 0.15) is 50.7 Å². The summed E-state index contributed by atoms with van der Waals surface area (Å²) in [6, 6.07) is 0. The van der Waals surface area contributed by atoms with Crippen LogP contribution in [0.4, 0.5) is 5.13 Å². The summed E-state index contributed by atoms with van der Waals surface area (Å²) >= 11 is 3.40. The molecule has 0 aromatic carbocycles. The molecular weight excluding hydrogens is 288 g/mol. The van der Waals surface area contributed by atoms with Gasteiger partial charge in [0.15, 0.2) is 5.01 Å². The van der Waals surface area contributed by atoms with Crippen molar-refractivity contribution < 1.29 is 0 Å². The summed E-state index contributed by atoms with van der Waals surface area (Å²) in [6.45, 7) is 7.49. The quantitative estimate of drug-likeness (QED) is 0.735. The van der Waals surface area contributed by atoms with Crippen molar-refractivity contribution in [3.05, 3.63) is 10.7 Å². The van der Waals surface area contributed by atoms with E-state index in [1.807, 2.05) is 0 Å². The van der Waals surface area contributed by atoms with Gasteiger partial charge in [0.2, 0.25) is 5.13 Å². The molecule has 4 nitrogen and oxygen atoms in total. The van der Waals surface area contributed by atoms with E-state index in [-0.39, 0.29) is 0 Å². The van der Waals surface area contributed by atoms with E-state index >= 15 is 0 Å². The first-order chi connectivity index (χ1) is 9.78. The third kappa shape index (κ3) is 3.76. The van der Waals surface area contributed by atoms with Gasteiger partial charge in [-0.2, -0.15) is 0 Å². The molecule has 20 heavy (non-hydrogen) atoms. The molecule has 2 heterocycles. The Morgan fingerprint density at radius 3 is 2.60 bits per heavy atom. The van der Waals surface area contributed by atoms with Crippen LogP contribution in [0, 0.1) is 0 Å². The zero-order valence-electron chi connectivity index (χ0n) is 12.4. The summed E-state index contributed by atoms with van der Waals surface area (Å²) in [5, 5.41) is 15.0. The molecule has 0 saturated carbocycles. The summed E-state index contributed by atoms with van der Waals surface area (Å²) in [5.74, 6) is 0. The van der Waals surface area contributed by atoms with Crippen LogP contribution in [0.2, 0.25) is 0 Å². The summed E-state index contributed by atoms with van der Waals surface area (Å²) in [6.07, 6.45) is 5.47. The lowest BCUT2D eigenvalue weighted by Crippen LogP contribution is -1.99. The van der Waals surface area contributed by atoms with Crippen molar-refractivity contribution in [1.82, 2.24) is 15.2 Å². The summed E-state index contributed by atoms with van der Waals surface area (Å²) < 4.78 is 0. The van der Waals surface area contributed by atoms with Crippen molar-refractivity contribution >= 4 is 27.8 Å². The van der Waals surface area contributed by atoms with Crippen LogP contribution in [0.3, 0.4) is 0 Å². The van der Waals surface area contributed by atoms with E-state index in [2.05, 4.69) is 36.3 Å². The van der Waals surface area contributed by atoms with Crippen LogP contribution in [-0.2, 0) is 12.8 Å². The van der Waals surface area contributed by atoms with Crippen LogP contribution >= 0.6 is 22.7 Å². The number of nitrogens with zero attached hydrogens (tertiary/aromatic N) is 3. The van der Waals surface area contributed by atoms with Crippen LogP contribution < -0.4 is 5.32 Å². The maximum absolute atomic E-state index is 4.72. The smallest absolute Gasteiger partial charge is 0.206 e. The molecule has 2 aromatic heterocycles. The average Bonchev–Trinajstić information content (AvgIpc) is 3.06. The minimum absolute atomic E-state index is 0.919. The van der Waals surface area contributed by atoms with Crippen molar-refractivity contribution in [3.63, 3.8) is 0 Å². The number of anilines is 1. The fourth-order valence-electron chi connectivity index (χ4n) is 1.88. The monoisotopic (exact) mass is 310 g/mol. The maximum Gasteiger partial charge on any atom is 0.206 e. The largest absolute Gasteiger partial charge is 0.360 e. The topological polar surface area (TPSA) is 50.7 Å². The predicted molar refractivity (Wildman–Crippen MR) is 87.8 cm³/mol. The molecule has 0 fully saturated rings. The molecule has 0 spiro atoms. The molecule has 0 aliphatic carbocycles. The Morgan fingerprint density at radius 1 is 1.05 bits per heavy atom. The lowest BCUT2D eigenvalue weighted by molar-refractivity contribution is 0.831. The molecule has 6 heteroatoms. The summed E-state index contributed by atoms with van der Waals surface area (Å²) in [7, 11) is 0. The first-order valence-corrected chi connectivity index (χ1v) is 8.98. The van der Waals surface area contributed by atoms with Crippen molar-refractivity contribution in [1.29, 1.82) is 0 Å². The third-order valence-corrected chi connectivity index (χ3v) is 5.23. The molecular formula is C14H22N4S2. The lowest BCUT2D eigenvalue weighted by atomic mass is 10.2. The minimum atomic E-state index is 0.919. The standard InChI is InChI=1S/C14H22N4S2/c1-4-7-9-15-14-18-17-13(20-14)12-10(8-5-2)16-11(6-3)19-12/h4-9H2,1-3H3,(H,15,18). The van der Waals surface area contributed by atoms with Gasteiger partial charge in [-0.15, -0.1) is 21.5 Å². The molecule has 0 aliphatic rings. The van der Waals surface area contributed by atoms with Crippen molar-refractivity contribution in [2.24, 2.45) is 0 Å². The van der Waals surface area contributed by atoms with Gasteiger partial charge in [-0.05, 0) is 19.3 Å².